The molecule has 4 aromatic rings. The summed E-state index contributed by atoms with van der Waals surface area (Å²) < 4.78 is 11.2. The van der Waals surface area contributed by atoms with Gasteiger partial charge in [0.1, 0.15) is 34.9 Å². The third-order valence-corrected chi connectivity index (χ3v) is 11.9. The van der Waals surface area contributed by atoms with Crippen LogP contribution >= 0.6 is 0 Å². The molecule has 1 aliphatic heterocycles. The molecule has 0 fully saturated rings. The number of phenolic OH excluding ortho intramolecular Hbond substituents is 1. The number of unbranched alkanes of at least 4 members (excludes halogenated alkanes) is 3. The first kappa shape index (κ1) is 53.5. The van der Waals surface area contributed by atoms with Crippen LogP contribution < -0.4 is 43.0 Å². The van der Waals surface area contributed by atoms with Crippen molar-refractivity contribution in [2.75, 3.05) is 25.0 Å². The molecule has 1 aromatic heterocycles. The normalized spacial score (nSPS) is 12.6. The molecule has 0 bridgehead atoms. The minimum absolute atomic E-state index is 0.0192. The highest BCUT2D eigenvalue weighted by Crippen LogP contribution is 2.42. The molecule has 0 saturated carbocycles. The van der Waals surface area contributed by atoms with Crippen molar-refractivity contribution in [2.45, 2.75) is 97.4 Å². The van der Waals surface area contributed by atoms with Gasteiger partial charge in [-0.25, -0.2) is 9.59 Å². The number of anilines is 1. The van der Waals surface area contributed by atoms with Gasteiger partial charge in [-0.2, -0.15) is 0 Å². The summed E-state index contributed by atoms with van der Waals surface area (Å²) in [5.41, 5.74) is 1.89. The summed E-state index contributed by atoms with van der Waals surface area (Å²) in [5, 5.41) is 49.2. The maximum absolute atomic E-state index is 13.5. The van der Waals surface area contributed by atoms with Gasteiger partial charge in [-0.1, -0.05) is 26.3 Å². The lowest BCUT2D eigenvalue weighted by Gasteiger charge is -2.24. The van der Waals surface area contributed by atoms with E-state index in [4.69, 9.17) is 8.83 Å². The van der Waals surface area contributed by atoms with E-state index in [1.807, 2.05) is 13.8 Å². The van der Waals surface area contributed by atoms with E-state index in [0.717, 1.165) is 5.56 Å². The Morgan fingerprint density at radius 1 is 0.708 bits per heavy atom. The Morgan fingerprint density at radius 3 is 2.18 bits per heavy atom. The number of rotatable bonds is 24. The average molecular weight is 989 g/mol. The number of hydrogen-bond acceptors (Lipinski definition) is 13. The smallest absolute Gasteiger partial charge is 0.336 e. The molecule has 0 spiro atoms. The molecule has 19 nitrogen and oxygen atoms in total. The van der Waals surface area contributed by atoms with Crippen LogP contribution in [0.5, 0.6) is 5.75 Å². The van der Waals surface area contributed by atoms with Gasteiger partial charge >= 0.3 is 11.6 Å². The number of nitrogens with one attached hydrogen (secondary N) is 6. The molecule has 380 valence electrons. The van der Waals surface area contributed by atoms with Gasteiger partial charge in [0.15, 0.2) is 5.43 Å². The molecule has 1 aliphatic carbocycles. The second-order valence-electron chi connectivity index (χ2n) is 18.1. The molecule has 2 heterocycles. The average Bonchev–Trinajstić information content (AvgIpc) is 3.32. The van der Waals surface area contributed by atoms with Gasteiger partial charge < -0.3 is 50.7 Å². The lowest BCUT2D eigenvalue weighted by molar-refractivity contribution is -0.129. The van der Waals surface area contributed by atoms with E-state index in [1.54, 1.807) is 25.1 Å². The van der Waals surface area contributed by atoms with Crippen molar-refractivity contribution < 1.29 is 52.9 Å². The molecule has 0 radical (unpaired) electrons. The number of amides is 5. The van der Waals surface area contributed by atoms with Crippen LogP contribution in [0.2, 0.25) is 0 Å². The second kappa shape index (κ2) is 24.8. The first-order valence-corrected chi connectivity index (χ1v) is 23.8. The SMILES string of the molecule is CC(=O)NCCCC[C@H](NC(O)CNC(=O)[C@H](CC(C)C)NC(=O)CCCCCNC(=O)c1ccc(-c2c3ccc(=O)cc-3oc3cc(O)ccc23)c(C(=O)O)c1)C(=O)Nc1ccc2c(C)cc(=O)oc2c1. The highest BCUT2D eigenvalue weighted by Gasteiger charge is 2.26. The minimum Gasteiger partial charge on any atom is -0.508 e. The number of carboxylic acid groups (broad SMARTS) is 1. The van der Waals surface area contributed by atoms with Crippen molar-refractivity contribution in [3.8, 4) is 28.2 Å². The van der Waals surface area contributed by atoms with Crippen molar-refractivity contribution in [1.82, 2.24) is 26.6 Å². The highest BCUT2D eigenvalue weighted by molar-refractivity contribution is 6.09. The lowest BCUT2D eigenvalue weighted by Crippen LogP contribution is -2.53. The summed E-state index contributed by atoms with van der Waals surface area (Å²) >= 11 is 0. The fraction of sp³-hybridized carbons (Fsp3) is 0.358. The number of aromatic carboxylic acids is 1. The second-order valence-corrected chi connectivity index (χ2v) is 18.1. The lowest BCUT2D eigenvalue weighted by atomic mass is 9.90. The zero-order chi connectivity index (χ0) is 52.1. The molecule has 1 unspecified atom stereocenters. The fourth-order valence-electron chi connectivity index (χ4n) is 8.36. The third-order valence-electron chi connectivity index (χ3n) is 11.9. The van der Waals surface area contributed by atoms with Gasteiger partial charge in [0.05, 0.1) is 18.2 Å². The van der Waals surface area contributed by atoms with E-state index in [0.29, 0.717) is 78.2 Å². The van der Waals surface area contributed by atoms with Gasteiger partial charge in [0.25, 0.3) is 5.91 Å². The van der Waals surface area contributed by atoms with E-state index >= 15 is 0 Å². The zero-order valence-electron chi connectivity index (χ0n) is 40.5. The number of aliphatic hydroxyl groups excluding tert-OH is 1. The van der Waals surface area contributed by atoms with E-state index < -0.39 is 47.6 Å². The summed E-state index contributed by atoms with van der Waals surface area (Å²) in [4.78, 5) is 101. The van der Waals surface area contributed by atoms with Crippen LogP contribution in [0.15, 0.2) is 97.3 Å². The van der Waals surface area contributed by atoms with Crippen LogP contribution in [0.25, 0.3) is 44.4 Å². The standard InChI is InChI=1S/C53H60N6O13/c1-29(2)22-42(51(67)56-28-47(64)58-41(10-7-9-20-54-31(4)60)52(68)57-33-13-17-36-30(3)23-48(65)72-43(36)25-33)59-46(63)11-6-5-8-21-55-50(66)32-12-16-37(40(24-32)53(69)70)49-38-18-14-34(61)26-44(38)71-45-27-35(62)15-19-39(45)49/h12-19,23-27,29,41-42,47,58,61,64H,5-11,20-22,28H2,1-4H3,(H,54,60)(H,55,66)(H,56,67)(H,57,68)(H,59,63)(H,69,70)/t41-,42-,47?/m0/s1. The molecule has 6 rings (SSSR count). The summed E-state index contributed by atoms with van der Waals surface area (Å²) in [7, 11) is 0. The quantitative estimate of drug-likeness (QED) is 0.0156. The monoisotopic (exact) mass is 988 g/mol. The van der Waals surface area contributed by atoms with Crippen molar-refractivity contribution in [1.29, 1.82) is 0 Å². The molecular weight excluding hydrogens is 929 g/mol. The zero-order valence-corrected chi connectivity index (χ0v) is 40.5. The van der Waals surface area contributed by atoms with Gasteiger partial charge in [-0.05, 0) is 111 Å². The molecule has 72 heavy (non-hydrogen) atoms. The number of phenols is 1. The van der Waals surface area contributed by atoms with E-state index in [9.17, 15) is 53.7 Å². The van der Waals surface area contributed by atoms with Crippen molar-refractivity contribution in [2.24, 2.45) is 5.92 Å². The van der Waals surface area contributed by atoms with Crippen molar-refractivity contribution >= 4 is 63.1 Å². The van der Waals surface area contributed by atoms with Crippen molar-refractivity contribution in [3.63, 3.8) is 0 Å². The highest BCUT2D eigenvalue weighted by atomic mass is 16.4. The molecule has 3 atom stereocenters. The number of benzene rings is 4. The first-order chi connectivity index (χ1) is 34.4. The number of fused-ring (bicyclic) bond motifs is 3. The van der Waals surface area contributed by atoms with Gasteiger partial charge in [-0.3, -0.25) is 34.1 Å². The van der Waals surface area contributed by atoms with Crippen LogP contribution in [0.4, 0.5) is 5.69 Å². The fourth-order valence-corrected chi connectivity index (χ4v) is 8.36. The van der Waals surface area contributed by atoms with Crippen LogP contribution in [0.3, 0.4) is 0 Å². The van der Waals surface area contributed by atoms with Gasteiger partial charge in [-0.15, -0.1) is 0 Å². The number of hydrogen-bond donors (Lipinski definition) is 9. The Hall–Kier alpha value is -7.90. The number of aliphatic hydroxyl groups is 1. The van der Waals surface area contributed by atoms with E-state index in [1.165, 1.54) is 67.6 Å². The maximum atomic E-state index is 13.5. The Labute approximate surface area is 414 Å². The van der Waals surface area contributed by atoms with Crippen LogP contribution in [0.1, 0.15) is 98.4 Å². The Morgan fingerprint density at radius 2 is 1.43 bits per heavy atom. The number of carbonyl (C=O) groups excluding carboxylic acids is 5. The predicted molar refractivity (Wildman–Crippen MR) is 270 cm³/mol. The number of aromatic hydroxyl groups is 1. The van der Waals surface area contributed by atoms with Gasteiger partial charge in [0.2, 0.25) is 23.6 Å². The number of carboxylic acids is 1. The molecule has 2 aliphatic rings. The third kappa shape index (κ3) is 14.6. The predicted octanol–water partition coefficient (Wildman–Crippen LogP) is 5.54. The van der Waals surface area contributed by atoms with Crippen molar-refractivity contribution in [3.05, 3.63) is 116 Å². The first-order valence-electron chi connectivity index (χ1n) is 23.8. The Bertz CT molecular complexity index is 3050. The Balaban J connectivity index is 0.981. The van der Waals surface area contributed by atoms with Gasteiger partial charge in [0, 0.05) is 83.8 Å². The topological polar surface area (TPSA) is 296 Å². The molecule has 3 aromatic carbocycles. The summed E-state index contributed by atoms with van der Waals surface area (Å²) in [6, 6.07) is 17.3. The summed E-state index contributed by atoms with van der Waals surface area (Å²) in [6.07, 6.45) is 1.85. The number of aryl methyl sites for hydroxylation is 1. The summed E-state index contributed by atoms with van der Waals surface area (Å²) in [5.74, 6) is -3.22. The maximum Gasteiger partial charge on any atom is 0.336 e. The Kier molecular flexibility index (Phi) is 18.4. The van der Waals surface area contributed by atoms with Crippen LogP contribution in [-0.2, 0) is 19.2 Å². The van der Waals surface area contributed by atoms with E-state index in [-0.39, 0.29) is 82.9 Å². The molecule has 9 N–H and O–H groups in total. The minimum atomic E-state index is -1.37. The number of carbonyl (C=O) groups is 6. The largest absolute Gasteiger partial charge is 0.508 e. The molecule has 0 saturated heterocycles. The van der Waals surface area contributed by atoms with Crippen LogP contribution in [-0.4, -0.2) is 88.8 Å². The van der Waals surface area contributed by atoms with Crippen LogP contribution in [0, 0.1) is 12.8 Å². The summed E-state index contributed by atoms with van der Waals surface area (Å²) in [6.45, 7) is 7.32. The molecular formula is C53H60N6O13. The van der Waals surface area contributed by atoms with E-state index in [2.05, 4.69) is 31.9 Å². The molecule has 5 amide bonds. The molecule has 19 heteroatoms.